The molecule has 4 heteroatoms. The highest BCUT2D eigenvalue weighted by Crippen LogP contribution is 2.18. The molecule has 1 unspecified atom stereocenters. The smallest absolute Gasteiger partial charge is 0.220 e. The van der Waals surface area contributed by atoms with Crippen LogP contribution in [0.2, 0.25) is 0 Å². The van der Waals surface area contributed by atoms with Crippen molar-refractivity contribution in [1.82, 2.24) is 5.32 Å². The van der Waals surface area contributed by atoms with Gasteiger partial charge in [0, 0.05) is 12.0 Å². The molecule has 0 fully saturated rings. The minimum atomic E-state index is -0.893. The highest BCUT2D eigenvalue weighted by Gasteiger charge is 2.15. The van der Waals surface area contributed by atoms with Crippen molar-refractivity contribution in [2.75, 3.05) is 0 Å². The van der Waals surface area contributed by atoms with Gasteiger partial charge in [-0.05, 0) is 19.4 Å². The van der Waals surface area contributed by atoms with Crippen molar-refractivity contribution in [3.63, 3.8) is 0 Å². The van der Waals surface area contributed by atoms with Crippen LogP contribution in [-0.2, 0) is 4.79 Å². The molecule has 0 radical (unpaired) electrons. The second-order valence-corrected chi connectivity index (χ2v) is 4.04. The van der Waals surface area contributed by atoms with Crippen molar-refractivity contribution in [2.45, 2.75) is 39.2 Å². The topological polar surface area (TPSA) is 29.1 Å². The number of unbranched alkanes of at least 4 members (excludes halogenated alkanes) is 1. The first-order chi connectivity index (χ1) is 8.06. The number of amides is 1. The quantitative estimate of drug-likeness (QED) is 0.841. The van der Waals surface area contributed by atoms with Gasteiger partial charge in [0.2, 0.25) is 5.91 Å². The number of carbonyl (C=O) groups excluding carboxylic acids is 1. The summed E-state index contributed by atoms with van der Waals surface area (Å²) in [4.78, 5) is 11.5. The van der Waals surface area contributed by atoms with Crippen molar-refractivity contribution in [3.05, 3.63) is 35.4 Å². The molecule has 17 heavy (non-hydrogen) atoms. The van der Waals surface area contributed by atoms with Gasteiger partial charge in [0.25, 0.3) is 0 Å². The molecule has 0 aromatic heterocycles. The lowest BCUT2D eigenvalue weighted by atomic mass is 10.1. The van der Waals surface area contributed by atoms with Gasteiger partial charge in [-0.3, -0.25) is 4.79 Å². The minimum absolute atomic E-state index is 0.136. The molecular weight excluding hydrogens is 224 g/mol. The van der Waals surface area contributed by atoms with E-state index >= 15 is 0 Å². The fourth-order valence-electron chi connectivity index (χ4n) is 1.58. The fourth-order valence-corrected chi connectivity index (χ4v) is 1.58. The standard InChI is InChI=1S/C13H17F2NO/c1-3-4-8-12(17)16-9(2)10-6-5-7-11(14)13(10)15/h5-7,9H,3-4,8H2,1-2H3,(H,16,17). The summed E-state index contributed by atoms with van der Waals surface area (Å²) < 4.78 is 26.4. The molecule has 0 heterocycles. The first kappa shape index (κ1) is 13.6. The number of carbonyl (C=O) groups is 1. The molecule has 0 aliphatic heterocycles. The zero-order valence-corrected chi connectivity index (χ0v) is 10.1. The number of nitrogens with one attached hydrogen (secondary N) is 1. The maximum Gasteiger partial charge on any atom is 0.220 e. The summed E-state index contributed by atoms with van der Waals surface area (Å²) in [5.41, 5.74) is 0.176. The largest absolute Gasteiger partial charge is 0.349 e. The summed E-state index contributed by atoms with van der Waals surface area (Å²) in [6.45, 7) is 3.63. The van der Waals surface area contributed by atoms with E-state index in [2.05, 4.69) is 5.32 Å². The van der Waals surface area contributed by atoms with Gasteiger partial charge in [-0.2, -0.15) is 0 Å². The molecule has 1 atom stereocenters. The Labute approximate surface area is 100 Å². The van der Waals surface area contributed by atoms with E-state index in [0.29, 0.717) is 6.42 Å². The van der Waals surface area contributed by atoms with Gasteiger partial charge in [-0.15, -0.1) is 0 Å². The predicted molar refractivity (Wildman–Crippen MR) is 62.4 cm³/mol. The number of hydrogen-bond acceptors (Lipinski definition) is 1. The third-order valence-corrected chi connectivity index (χ3v) is 2.58. The molecule has 0 saturated heterocycles. The Morgan fingerprint density at radius 2 is 2.12 bits per heavy atom. The van der Waals surface area contributed by atoms with Crippen LogP contribution in [0.1, 0.15) is 44.7 Å². The second kappa shape index (κ2) is 6.33. The maximum atomic E-state index is 13.4. The van der Waals surface area contributed by atoms with Gasteiger partial charge in [0.15, 0.2) is 11.6 Å². The Hall–Kier alpha value is -1.45. The lowest BCUT2D eigenvalue weighted by molar-refractivity contribution is -0.121. The van der Waals surface area contributed by atoms with Crippen molar-refractivity contribution in [3.8, 4) is 0 Å². The predicted octanol–water partition coefficient (Wildman–Crippen LogP) is 3.33. The van der Waals surface area contributed by atoms with Gasteiger partial charge in [-0.25, -0.2) is 8.78 Å². The van der Waals surface area contributed by atoms with E-state index in [9.17, 15) is 13.6 Å². The molecule has 1 aromatic rings. The molecule has 1 amide bonds. The molecule has 1 N–H and O–H groups in total. The highest BCUT2D eigenvalue weighted by atomic mass is 19.2. The van der Waals surface area contributed by atoms with Crippen LogP contribution in [0.5, 0.6) is 0 Å². The monoisotopic (exact) mass is 241 g/mol. The Morgan fingerprint density at radius 3 is 2.76 bits per heavy atom. The van der Waals surface area contributed by atoms with Crippen molar-refractivity contribution in [2.24, 2.45) is 0 Å². The van der Waals surface area contributed by atoms with Crippen LogP contribution in [0.15, 0.2) is 18.2 Å². The summed E-state index contributed by atoms with van der Waals surface area (Å²) >= 11 is 0. The average molecular weight is 241 g/mol. The van der Waals surface area contributed by atoms with Gasteiger partial charge < -0.3 is 5.32 Å². The SMILES string of the molecule is CCCCC(=O)NC(C)c1cccc(F)c1F. The molecule has 0 bridgehead atoms. The maximum absolute atomic E-state index is 13.4. The van der Waals surface area contributed by atoms with Crippen LogP contribution in [0.4, 0.5) is 8.78 Å². The summed E-state index contributed by atoms with van der Waals surface area (Å²) in [5, 5.41) is 2.65. The van der Waals surface area contributed by atoms with Crippen molar-refractivity contribution >= 4 is 5.91 Å². The van der Waals surface area contributed by atoms with E-state index in [1.165, 1.54) is 12.1 Å². The van der Waals surface area contributed by atoms with E-state index in [1.807, 2.05) is 6.92 Å². The summed E-state index contributed by atoms with van der Waals surface area (Å²) in [6, 6.07) is 3.45. The van der Waals surface area contributed by atoms with Gasteiger partial charge in [0.1, 0.15) is 0 Å². The lowest BCUT2D eigenvalue weighted by Crippen LogP contribution is -2.27. The zero-order chi connectivity index (χ0) is 12.8. The van der Waals surface area contributed by atoms with E-state index in [0.717, 1.165) is 18.9 Å². The fraction of sp³-hybridized carbons (Fsp3) is 0.462. The Kier molecular flexibility index (Phi) is 5.07. The van der Waals surface area contributed by atoms with Crippen LogP contribution >= 0.6 is 0 Å². The van der Waals surface area contributed by atoms with Crippen LogP contribution < -0.4 is 5.32 Å². The van der Waals surface area contributed by atoms with Crippen LogP contribution in [0.3, 0.4) is 0 Å². The molecule has 94 valence electrons. The molecule has 2 nitrogen and oxygen atoms in total. The Bertz CT molecular complexity index is 393. The number of benzene rings is 1. The Morgan fingerprint density at radius 1 is 1.41 bits per heavy atom. The normalized spacial score (nSPS) is 12.2. The third kappa shape index (κ3) is 3.80. The van der Waals surface area contributed by atoms with E-state index in [4.69, 9.17) is 0 Å². The van der Waals surface area contributed by atoms with E-state index in [1.54, 1.807) is 6.92 Å². The molecule has 0 saturated carbocycles. The number of rotatable bonds is 5. The third-order valence-electron chi connectivity index (χ3n) is 2.58. The summed E-state index contributed by atoms with van der Waals surface area (Å²) in [6.07, 6.45) is 2.14. The molecule has 1 rings (SSSR count). The second-order valence-electron chi connectivity index (χ2n) is 4.04. The molecule has 0 aliphatic carbocycles. The average Bonchev–Trinajstić information content (AvgIpc) is 2.29. The van der Waals surface area contributed by atoms with Crippen LogP contribution in [0, 0.1) is 11.6 Å². The molecule has 1 aromatic carbocycles. The minimum Gasteiger partial charge on any atom is -0.349 e. The van der Waals surface area contributed by atoms with E-state index < -0.39 is 17.7 Å². The van der Waals surface area contributed by atoms with E-state index in [-0.39, 0.29) is 11.5 Å². The molecule has 0 spiro atoms. The summed E-state index contributed by atoms with van der Waals surface area (Å²) in [7, 11) is 0. The Balaban J connectivity index is 2.66. The lowest BCUT2D eigenvalue weighted by Gasteiger charge is -2.15. The first-order valence-corrected chi connectivity index (χ1v) is 5.79. The first-order valence-electron chi connectivity index (χ1n) is 5.79. The van der Waals surface area contributed by atoms with Gasteiger partial charge in [0.05, 0.1) is 6.04 Å². The van der Waals surface area contributed by atoms with Gasteiger partial charge in [-0.1, -0.05) is 25.5 Å². The summed E-state index contributed by atoms with van der Waals surface area (Å²) in [5.74, 6) is -1.92. The molecular formula is C13H17F2NO. The van der Waals surface area contributed by atoms with Gasteiger partial charge >= 0.3 is 0 Å². The van der Waals surface area contributed by atoms with Crippen molar-refractivity contribution in [1.29, 1.82) is 0 Å². The molecule has 0 aliphatic rings. The van der Waals surface area contributed by atoms with Crippen LogP contribution in [0.25, 0.3) is 0 Å². The zero-order valence-electron chi connectivity index (χ0n) is 10.1. The number of halogens is 2. The van der Waals surface area contributed by atoms with Crippen molar-refractivity contribution < 1.29 is 13.6 Å². The highest BCUT2D eigenvalue weighted by molar-refractivity contribution is 5.76. The number of hydrogen-bond donors (Lipinski definition) is 1. The van der Waals surface area contributed by atoms with Crippen LogP contribution in [-0.4, -0.2) is 5.91 Å².